The van der Waals surface area contributed by atoms with Crippen LogP contribution in [0.1, 0.15) is 30.0 Å². The number of nitrogens with two attached hydrogens (primary N) is 1. The SMILES string of the molecule is CCc1occc1C(N)Cc1cc(OC)ncn1. The fraction of sp³-hybridized carbons (Fsp3) is 0.385. The molecule has 0 bridgehead atoms. The van der Waals surface area contributed by atoms with Crippen molar-refractivity contribution in [1.82, 2.24) is 9.97 Å². The Balaban J connectivity index is 2.13. The summed E-state index contributed by atoms with van der Waals surface area (Å²) in [4.78, 5) is 8.16. The number of hydrogen-bond donors (Lipinski definition) is 1. The van der Waals surface area contributed by atoms with Crippen LogP contribution in [0.25, 0.3) is 0 Å². The minimum Gasteiger partial charge on any atom is -0.481 e. The molecule has 0 radical (unpaired) electrons. The Morgan fingerprint density at radius 2 is 2.28 bits per heavy atom. The molecule has 5 heteroatoms. The summed E-state index contributed by atoms with van der Waals surface area (Å²) < 4.78 is 10.4. The van der Waals surface area contributed by atoms with E-state index in [1.54, 1.807) is 19.4 Å². The van der Waals surface area contributed by atoms with Gasteiger partial charge in [0.05, 0.1) is 13.4 Å². The zero-order valence-corrected chi connectivity index (χ0v) is 10.6. The first-order valence-corrected chi connectivity index (χ1v) is 5.91. The van der Waals surface area contributed by atoms with Crippen molar-refractivity contribution in [3.8, 4) is 5.88 Å². The summed E-state index contributed by atoms with van der Waals surface area (Å²) in [5, 5.41) is 0. The number of nitrogens with zero attached hydrogens (tertiary/aromatic N) is 2. The van der Waals surface area contributed by atoms with Gasteiger partial charge in [-0.25, -0.2) is 9.97 Å². The zero-order valence-electron chi connectivity index (χ0n) is 10.6. The Morgan fingerprint density at radius 3 is 3.00 bits per heavy atom. The molecule has 0 aliphatic heterocycles. The summed E-state index contributed by atoms with van der Waals surface area (Å²) in [5.41, 5.74) is 8.07. The maximum Gasteiger partial charge on any atom is 0.216 e. The Morgan fingerprint density at radius 1 is 1.44 bits per heavy atom. The molecule has 0 fully saturated rings. The summed E-state index contributed by atoms with van der Waals surface area (Å²) in [6.07, 6.45) is 4.63. The summed E-state index contributed by atoms with van der Waals surface area (Å²) >= 11 is 0. The first-order valence-electron chi connectivity index (χ1n) is 5.91. The van der Waals surface area contributed by atoms with Crippen molar-refractivity contribution in [2.24, 2.45) is 5.73 Å². The highest BCUT2D eigenvalue weighted by Gasteiger charge is 2.14. The number of furan rings is 1. The average molecular weight is 247 g/mol. The first kappa shape index (κ1) is 12.6. The van der Waals surface area contributed by atoms with Crippen LogP contribution < -0.4 is 10.5 Å². The van der Waals surface area contributed by atoms with E-state index in [0.717, 1.165) is 23.4 Å². The molecule has 2 N–H and O–H groups in total. The summed E-state index contributed by atoms with van der Waals surface area (Å²) in [6.45, 7) is 2.04. The van der Waals surface area contributed by atoms with E-state index >= 15 is 0 Å². The van der Waals surface area contributed by atoms with E-state index in [-0.39, 0.29) is 6.04 Å². The lowest BCUT2D eigenvalue weighted by atomic mass is 10.0. The van der Waals surface area contributed by atoms with Gasteiger partial charge in [-0.2, -0.15) is 0 Å². The summed E-state index contributed by atoms with van der Waals surface area (Å²) in [5.74, 6) is 1.48. The Labute approximate surface area is 106 Å². The van der Waals surface area contributed by atoms with Crippen molar-refractivity contribution in [2.75, 3.05) is 7.11 Å². The Kier molecular flexibility index (Phi) is 3.94. The maximum absolute atomic E-state index is 6.18. The van der Waals surface area contributed by atoms with Crippen molar-refractivity contribution >= 4 is 0 Å². The van der Waals surface area contributed by atoms with Crippen molar-refractivity contribution < 1.29 is 9.15 Å². The minimum atomic E-state index is -0.127. The van der Waals surface area contributed by atoms with Crippen LogP contribution in [0.4, 0.5) is 0 Å². The number of methoxy groups -OCH3 is 1. The van der Waals surface area contributed by atoms with Gasteiger partial charge < -0.3 is 14.9 Å². The molecule has 2 heterocycles. The lowest BCUT2D eigenvalue weighted by molar-refractivity contribution is 0.395. The lowest BCUT2D eigenvalue weighted by Gasteiger charge is -2.11. The van der Waals surface area contributed by atoms with Crippen LogP contribution >= 0.6 is 0 Å². The number of aryl methyl sites for hydroxylation is 1. The molecule has 0 amide bonds. The highest BCUT2D eigenvalue weighted by atomic mass is 16.5. The van der Waals surface area contributed by atoms with Crippen molar-refractivity contribution in [1.29, 1.82) is 0 Å². The third-order valence-corrected chi connectivity index (χ3v) is 2.84. The molecule has 2 aromatic rings. The van der Waals surface area contributed by atoms with E-state index in [4.69, 9.17) is 14.9 Å². The highest BCUT2D eigenvalue weighted by Crippen LogP contribution is 2.21. The molecule has 1 atom stereocenters. The van der Waals surface area contributed by atoms with Gasteiger partial charge >= 0.3 is 0 Å². The third-order valence-electron chi connectivity index (χ3n) is 2.84. The van der Waals surface area contributed by atoms with Crippen molar-refractivity contribution in [2.45, 2.75) is 25.8 Å². The molecule has 2 rings (SSSR count). The van der Waals surface area contributed by atoms with Gasteiger partial charge in [0.1, 0.15) is 12.1 Å². The second-order valence-corrected chi connectivity index (χ2v) is 4.01. The lowest BCUT2D eigenvalue weighted by Crippen LogP contribution is -2.15. The molecule has 0 spiro atoms. The van der Waals surface area contributed by atoms with Crippen molar-refractivity contribution in [3.63, 3.8) is 0 Å². The summed E-state index contributed by atoms with van der Waals surface area (Å²) in [7, 11) is 1.58. The highest BCUT2D eigenvalue weighted by molar-refractivity contribution is 5.24. The molecular weight excluding hydrogens is 230 g/mol. The molecule has 0 aliphatic carbocycles. The maximum atomic E-state index is 6.18. The van der Waals surface area contributed by atoms with Gasteiger partial charge in [-0.15, -0.1) is 0 Å². The van der Waals surface area contributed by atoms with E-state index in [0.29, 0.717) is 12.3 Å². The van der Waals surface area contributed by atoms with Crippen LogP contribution in [-0.2, 0) is 12.8 Å². The standard InChI is InChI=1S/C13H17N3O2/c1-3-12-10(4-5-18-12)11(14)6-9-7-13(17-2)16-8-15-9/h4-5,7-8,11H,3,6,14H2,1-2H3. The van der Waals surface area contributed by atoms with Gasteiger partial charge in [-0.05, 0) is 6.07 Å². The van der Waals surface area contributed by atoms with Crippen LogP contribution in [0.15, 0.2) is 29.1 Å². The van der Waals surface area contributed by atoms with Crippen LogP contribution in [-0.4, -0.2) is 17.1 Å². The van der Waals surface area contributed by atoms with E-state index < -0.39 is 0 Å². The second-order valence-electron chi connectivity index (χ2n) is 4.01. The van der Waals surface area contributed by atoms with Gasteiger partial charge in [-0.3, -0.25) is 0 Å². The van der Waals surface area contributed by atoms with E-state index in [1.807, 2.05) is 13.0 Å². The predicted molar refractivity (Wildman–Crippen MR) is 67.3 cm³/mol. The molecule has 0 aromatic carbocycles. The molecule has 0 saturated heterocycles. The number of hydrogen-bond acceptors (Lipinski definition) is 5. The van der Waals surface area contributed by atoms with Gasteiger partial charge in [0.25, 0.3) is 0 Å². The first-order chi connectivity index (χ1) is 8.74. The topological polar surface area (TPSA) is 74.2 Å². The molecule has 18 heavy (non-hydrogen) atoms. The number of ether oxygens (including phenoxy) is 1. The van der Waals surface area contributed by atoms with Crippen LogP contribution in [0.3, 0.4) is 0 Å². The van der Waals surface area contributed by atoms with Gasteiger partial charge in [0, 0.05) is 36.2 Å². The molecule has 0 aliphatic rings. The fourth-order valence-electron chi connectivity index (χ4n) is 1.90. The third kappa shape index (κ3) is 2.68. The normalized spacial score (nSPS) is 12.4. The van der Waals surface area contributed by atoms with Crippen molar-refractivity contribution in [3.05, 3.63) is 41.7 Å². The smallest absolute Gasteiger partial charge is 0.216 e. The van der Waals surface area contributed by atoms with Crippen LogP contribution in [0.5, 0.6) is 5.88 Å². The predicted octanol–water partition coefficient (Wildman–Crippen LogP) is 1.88. The van der Waals surface area contributed by atoms with E-state index in [9.17, 15) is 0 Å². The molecule has 96 valence electrons. The van der Waals surface area contributed by atoms with Crippen LogP contribution in [0, 0.1) is 0 Å². The van der Waals surface area contributed by atoms with E-state index in [2.05, 4.69) is 9.97 Å². The number of aromatic nitrogens is 2. The second kappa shape index (κ2) is 5.64. The molecular formula is C13H17N3O2. The average Bonchev–Trinajstić information content (AvgIpc) is 2.87. The van der Waals surface area contributed by atoms with Crippen LogP contribution in [0.2, 0.25) is 0 Å². The largest absolute Gasteiger partial charge is 0.481 e. The Bertz CT molecular complexity index is 510. The fourth-order valence-corrected chi connectivity index (χ4v) is 1.90. The molecule has 2 aromatic heterocycles. The molecule has 5 nitrogen and oxygen atoms in total. The van der Waals surface area contributed by atoms with Gasteiger partial charge in [0.2, 0.25) is 5.88 Å². The minimum absolute atomic E-state index is 0.127. The van der Waals surface area contributed by atoms with Gasteiger partial charge in [0.15, 0.2) is 0 Å². The molecule has 0 saturated carbocycles. The summed E-state index contributed by atoms with van der Waals surface area (Å²) in [6, 6.07) is 3.59. The quantitative estimate of drug-likeness (QED) is 0.873. The molecule has 1 unspecified atom stereocenters. The number of rotatable bonds is 5. The van der Waals surface area contributed by atoms with E-state index in [1.165, 1.54) is 6.33 Å². The zero-order chi connectivity index (χ0) is 13.0. The monoisotopic (exact) mass is 247 g/mol. The van der Waals surface area contributed by atoms with Gasteiger partial charge in [-0.1, -0.05) is 6.92 Å². The Hall–Kier alpha value is -1.88.